The maximum absolute atomic E-state index is 4.85. The summed E-state index contributed by atoms with van der Waals surface area (Å²) < 4.78 is 0. The van der Waals surface area contributed by atoms with Gasteiger partial charge >= 0.3 is 0 Å². The topological polar surface area (TPSA) is 61.0 Å². The van der Waals surface area contributed by atoms with Gasteiger partial charge in [0.2, 0.25) is 0 Å². The Kier molecular flexibility index (Phi) is 1.60. The first-order valence-corrected chi connectivity index (χ1v) is 2.49. The zero-order chi connectivity index (χ0) is 6.69. The van der Waals surface area contributed by atoms with Gasteiger partial charge in [0.15, 0.2) is 0 Å². The number of hydrogen-bond acceptors (Lipinski definition) is 4. The summed E-state index contributed by atoms with van der Waals surface area (Å²) in [5.41, 5.74) is 0.694. The van der Waals surface area contributed by atoms with Crippen LogP contribution in [0.4, 0.5) is 0 Å². The highest BCUT2D eigenvalue weighted by molar-refractivity contribution is 5.13. The predicted octanol–water partition coefficient (Wildman–Crippen LogP) is 0.0375. The molecule has 0 aliphatic rings. The minimum absolute atomic E-state index is 0.373. The molecule has 1 aromatic heterocycles. The van der Waals surface area contributed by atoms with Crippen molar-refractivity contribution >= 4 is 0 Å². The summed E-state index contributed by atoms with van der Waals surface area (Å²) in [5.74, 6) is 5.22. The lowest BCUT2D eigenvalue weighted by Gasteiger charge is -1.96. The van der Waals surface area contributed by atoms with Crippen LogP contribution in [-0.2, 0) is 0 Å². The van der Waals surface area contributed by atoms with Crippen molar-refractivity contribution in [2.24, 2.45) is 5.90 Å². The molecule has 1 rings (SSSR count). The molecule has 0 unspecified atom stereocenters. The largest absolute Gasteiger partial charge is 0.389 e. The predicted molar refractivity (Wildman–Crippen MR) is 31.6 cm³/mol. The van der Waals surface area contributed by atoms with Gasteiger partial charge in [-0.1, -0.05) is 0 Å². The molecule has 0 radical (unpaired) electrons. The number of aromatic nitrogens is 2. The van der Waals surface area contributed by atoms with E-state index in [0.29, 0.717) is 11.6 Å². The zero-order valence-electron chi connectivity index (χ0n) is 5.03. The molecule has 1 aromatic rings. The van der Waals surface area contributed by atoms with Gasteiger partial charge in [0.1, 0.15) is 5.69 Å². The van der Waals surface area contributed by atoms with Crippen molar-refractivity contribution in [3.8, 4) is 5.88 Å². The first-order valence-electron chi connectivity index (χ1n) is 2.49. The van der Waals surface area contributed by atoms with E-state index in [1.54, 1.807) is 13.1 Å². The Hall–Kier alpha value is -1.16. The van der Waals surface area contributed by atoms with Gasteiger partial charge in [0.25, 0.3) is 5.88 Å². The van der Waals surface area contributed by atoms with Crippen molar-refractivity contribution in [1.82, 2.24) is 9.97 Å². The van der Waals surface area contributed by atoms with E-state index in [4.69, 9.17) is 5.90 Å². The van der Waals surface area contributed by atoms with Gasteiger partial charge in [0, 0.05) is 12.4 Å². The molecule has 0 bridgehead atoms. The quantitative estimate of drug-likeness (QED) is 0.538. The lowest BCUT2D eigenvalue weighted by molar-refractivity contribution is 0.316. The second kappa shape index (κ2) is 2.41. The summed E-state index contributed by atoms with van der Waals surface area (Å²) in [6.07, 6.45) is 3.10. The molecule has 0 aromatic carbocycles. The number of aryl methyl sites for hydroxylation is 1. The molecule has 0 atom stereocenters. The fourth-order valence-corrected chi connectivity index (χ4v) is 0.511. The minimum Gasteiger partial charge on any atom is -0.389 e. The number of nitrogens with two attached hydrogens (primary N) is 1. The molecule has 48 valence electrons. The van der Waals surface area contributed by atoms with Crippen LogP contribution in [0.5, 0.6) is 5.88 Å². The molecule has 0 saturated carbocycles. The fraction of sp³-hybridized carbons (Fsp3) is 0.200. The third kappa shape index (κ3) is 1.14. The maximum Gasteiger partial charge on any atom is 0.258 e. The van der Waals surface area contributed by atoms with Crippen LogP contribution < -0.4 is 10.7 Å². The molecule has 0 aliphatic heterocycles. The van der Waals surface area contributed by atoms with Crippen LogP contribution in [0, 0.1) is 6.92 Å². The molecular weight excluding hydrogens is 118 g/mol. The molecule has 4 heteroatoms. The molecule has 0 aliphatic carbocycles. The zero-order valence-corrected chi connectivity index (χ0v) is 5.03. The standard InChI is InChI=1S/C5H7N3O/c1-4-5(9-6)8-3-2-7-4/h2-3H,6H2,1H3. The number of nitrogens with zero attached hydrogens (tertiary/aromatic N) is 2. The van der Waals surface area contributed by atoms with Crippen molar-refractivity contribution < 1.29 is 4.84 Å². The van der Waals surface area contributed by atoms with E-state index in [2.05, 4.69) is 14.8 Å². The summed E-state index contributed by atoms with van der Waals surface area (Å²) in [4.78, 5) is 12.0. The van der Waals surface area contributed by atoms with Crippen LogP contribution in [0.2, 0.25) is 0 Å². The van der Waals surface area contributed by atoms with E-state index in [-0.39, 0.29) is 0 Å². The van der Waals surface area contributed by atoms with Crippen molar-refractivity contribution in [2.45, 2.75) is 6.92 Å². The van der Waals surface area contributed by atoms with Gasteiger partial charge in [-0.05, 0) is 6.92 Å². The van der Waals surface area contributed by atoms with Gasteiger partial charge in [-0.15, -0.1) is 0 Å². The molecule has 0 amide bonds. The Morgan fingerprint density at radius 1 is 1.44 bits per heavy atom. The number of rotatable bonds is 1. The Balaban J connectivity index is 3.01. The summed E-state index contributed by atoms with van der Waals surface area (Å²) in [6.45, 7) is 1.77. The first kappa shape index (κ1) is 5.97. The lowest BCUT2D eigenvalue weighted by Crippen LogP contribution is -2.05. The summed E-state index contributed by atoms with van der Waals surface area (Å²) in [6, 6.07) is 0. The van der Waals surface area contributed by atoms with Crippen molar-refractivity contribution in [1.29, 1.82) is 0 Å². The van der Waals surface area contributed by atoms with Crippen LogP contribution in [0.3, 0.4) is 0 Å². The van der Waals surface area contributed by atoms with Gasteiger partial charge in [-0.3, -0.25) is 4.98 Å². The Morgan fingerprint density at radius 3 is 2.56 bits per heavy atom. The van der Waals surface area contributed by atoms with Gasteiger partial charge in [-0.2, -0.15) is 5.90 Å². The fourth-order valence-electron chi connectivity index (χ4n) is 0.511. The highest BCUT2D eigenvalue weighted by Gasteiger charge is 1.95. The van der Waals surface area contributed by atoms with Gasteiger partial charge in [-0.25, -0.2) is 4.98 Å². The molecule has 0 fully saturated rings. The van der Waals surface area contributed by atoms with Crippen molar-refractivity contribution in [3.63, 3.8) is 0 Å². The highest BCUT2D eigenvalue weighted by Crippen LogP contribution is 2.05. The molecular formula is C5H7N3O. The summed E-state index contributed by atoms with van der Waals surface area (Å²) >= 11 is 0. The molecule has 9 heavy (non-hydrogen) atoms. The highest BCUT2D eigenvalue weighted by atomic mass is 16.6. The van der Waals surface area contributed by atoms with Gasteiger partial charge < -0.3 is 4.84 Å². The van der Waals surface area contributed by atoms with E-state index in [0.717, 1.165) is 0 Å². The third-order valence-corrected chi connectivity index (χ3v) is 0.948. The lowest BCUT2D eigenvalue weighted by atomic mass is 10.5. The van der Waals surface area contributed by atoms with Crippen LogP contribution in [0.1, 0.15) is 5.69 Å². The van der Waals surface area contributed by atoms with Crippen molar-refractivity contribution in [2.75, 3.05) is 0 Å². The smallest absolute Gasteiger partial charge is 0.258 e. The molecule has 2 N–H and O–H groups in total. The minimum atomic E-state index is 0.373. The molecule has 0 spiro atoms. The van der Waals surface area contributed by atoms with Crippen LogP contribution in [0.25, 0.3) is 0 Å². The normalized spacial score (nSPS) is 9.11. The Morgan fingerprint density at radius 2 is 2.11 bits per heavy atom. The van der Waals surface area contributed by atoms with Crippen molar-refractivity contribution in [3.05, 3.63) is 18.1 Å². The van der Waals surface area contributed by atoms with E-state index in [9.17, 15) is 0 Å². The molecule has 4 nitrogen and oxygen atoms in total. The molecule has 0 saturated heterocycles. The monoisotopic (exact) mass is 125 g/mol. The molecule has 1 heterocycles. The van der Waals surface area contributed by atoms with Crippen LogP contribution in [-0.4, -0.2) is 9.97 Å². The average Bonchev–Trinajstić information content (AvgIpc) is 1.89. The number of hydrogen-bond donors (Lipinski definition) is 1. The maximum atomic E-state index is 4.85. The first-order chi connectivity index (χ1) is 4.34. The summed E-state index contributed by atoms with van der Waals surface area (Å²) in [7, 11) is 0. The Bertz CT molecular complexity index is 201. The van der Waals surface area contributed by atoms with Crippen LogP contribution in [0.15, 0.2) is 12.4 Å². The van der Waals surface area contributed by atoms with E-state index in [1.807, 2.05) is 0 Å². The average molecular weight is 125 g/mol. The Labute approximate surface area is 52.6 Å². The van der Waals surface area contributed by atoms with Crippen LogP contribution >= 0.6 is 0 Å². The summed E-state index contributed by atoms with van der Waals surface area (Å²) in [5, 5.41) is 0. The second-order valence-electron chi connectivity index (χ2n) is 1.56. The third-order valence-electron chi connectivity index (χ3n) is 0.948. The van der Waals surface area contributed by atoms with E-state index >= 15 is 0 Å². The van der Waals surface area contributed by atoms with E-state index < -0.39 is 0 Å². The SMILES string of the molecule is Cc1nccnc1ON. The van der Waals surface area contributed by atoms with Gasteiger partial charge in [0.05, 0.1) is 0 Å². The second-order valence-corrected chi connectivity index (χ2v) is 1.56. The van der Waals surface area contributed by atoms with E-state index in [1.165, 1.54) is 6.20 Å².